The first-order valence-electron chi connectivity index (χ1n) is 8.79. The van der Waals surface area contributed by atoms with Crippen LogP contribution < -0.4 is 10.9 Å². The molecule has 5 nitrogen and oxygen atoms in total. The Bertz CT molecular complexity index is 1030. The van der Waals surface area contributed by atoms with E-state index in [4.69, 9.17) is 0 Å². The molecule has 1 heterocycles. The largest absolute Gasteiger partial charge is 0.347 e. The first kappa shape index (κ1) is 19.2. The average molecular weight is 378 g/mol. The van der Waals surface area contributed by atoms with E-state index in [1.54, 1.807) is 13.0 Å². The molecule has 2 aromatic carbocycles. The van der Waals surface area contributed by atoms with Gasteiger partial charge >= 0.3 is 0 Å². The molecule has 0 aliphatic carbocycles. The fourth-order valence-electron chi connectivity index (χ4n) is 2.91. The van der Waals surface area contributed by atoms with Crippen molar-refractivity contribution in [2.24, 2.45) is 0 Å². The summed E-state index contributed by atoms with van der Waals surface area (Å²) in [6, 6.07) is 16.8. The van der Waals surface area contributed by atoms with Crippen molar-refractivity contribution >= 4 is 11.7 Å². The van der Waals surface area contributed by atoms with Crippen LogP contribution in [0.4, 0.5) is 4.39 Å². The zero-order valence-corrected chi connectivity index (χ0v) is 15.2. The van der Waals surface area contributed by atoms with Crippen LogP contribution in [0, 0.1) is 5.82 Å². The maximum absolute atomic E-state index is 13.2. The predicted octanol–water partition coefficient (Wildman–Crippen LogP) is 3.29. The van der Waals surface area contributed by atoms with Crippen molar-refractivity contribution in [2.75, 3.05) is 0 Å². The van der Waals surface area contributed by atoms with Gasteiger partial charge in [-0.25, -0.2) is 4.39 Å². The fourth-order valence-corrected chi connectivity index (χ4v) is 2.91. The van der Waals surface area contributed by atoms with E-state index in [9.17, 15) is 18.8 Å². The first-order chi connectivity index (χ1) is 13.5. The Kier molecular flexibility index (Phi) is 5.79. The molecule has 6 heteroatoms. The van der Waals surface area contributed by atoms with E-state index in [0.29, 0.717) is 0 Å². The van der Waals surface area contributed by atoms with Gasteiger partial charge in [0, 0.05) is 17.8 Å². The predicted molar refractivity (Wildman–Crippen MR) is 103 cm³/mol. The highest BCUT2D eigenvalue weighted by atomic mass is 19.1. The van der Waals surface area contributed by atoms with Gasteiger partial charge in [0.15, 0.2) is 11.8 Å². The van der Waals surface area contributed by atoms with Crippen LogP contribution in [-0.4, -0.2) is 16.3 Å². The minimum Gasteiger partial charge on any atom is -0.347 e. The lowest BCUT2D eigenvalue weighted by Gasteiger charge is -2.21. The van der Waals surface area contributed by atoms with Crippen molar-refractivity contribution in [3.8, 4) is 0 Å². The van der Waals surface area contributed by atoms with E-state index in [1.807, 2.05) is 30.3 Å². The van der Waals surface area contributed by atoms with Crippen LogP contribution >= 0.6 is 0 Å². The van der Waals surface area contributed by atoms with Crippen LogP contribution in [0.25, 0.3) is 0 Å². The molecule has 0 spiro atoms. The van der Waals surface area contributed by atoms with E-state index in [1.165, 1.54) is 30.5 Å². The maximum Gasteiger partial charge on any atom is 0.251 e. The molecule has 0 radical (unpaired) electrons. The second kappa shape index (κ2) is 8.43. The van der Waals surface area contributed by atoms with Crippen LogP contribution in [0.1, 0.15) is 34.9 Å². The Balaban J connectivity index is 1.95. The van der Waals surface area contributed by atoms with Gasteiger partial charge in [-0.1, -0.05) is 36.4 Å². The molecule has 28 heavy (non-hydrogen) atoms. The number of nitrogens with zero attached hydrogens (tertiary/aromatic N) is 1. The molecule has 0 bridgehead atoms. The molecule has 3 aromatic rings. The molecule has 0 fully saturated rings. The third kappa shape index (κ3) is 4.23. The quantitative estimate of drug-likeness (QED) is 0.529. The number of ketones is 1. The normalized spacial score (nSPS) is 12.8. The number of amides is 1. The molecule has 142 valence electrons. The van der Waals surface area contributed by atoms with Crippen LogP contribution in [0.5, 0.6) is 0 Å². The lowest BCUT2D eigenvalue weighted by molar-refractivity contribution is -0.123. The highest BCUT2D eigenvalue weighted by Gasteiger charge is 2.31. The van der Waals surface area contributed by atoms with Gasteiger partial charge in [-0.3, -0.25) is 19.0 Å². The Morgan fingerprint density at radius 1 is 0.929 bits per heavy atom. The summed E-state index contributed by atoms with van der Waals surface area (Å²) < 4.78 is 14.3. The highest BCUT2D eigenvalue weighted by Crippen LogP contribution is 2.18. The van der Waals surface area contributed by atoms with E-state index in [-0.39, 0.29) is 11.6 Å². The fraction of sp³-hybridized carbons (Fsp3) is 0.136. The van der Waals surface area contributed by atoms with Crippen LogP contribution in [0.3, 0.4) is 0 Å². The minimum atomic E-state index is -1.40. The van der Waals surface area contributed by atoms with Gasteiger partial charge in [0.25, 0.3) is 11.5 Å². The number of aromatic nitrogens is 1. The molecule has 2 unspecified atom stereocenters. The smallest absolute Gasteiger partial charge is 0.251 e. The summed E-state index contributed by atoms with van der Waals surface area (Å²) >= 11 is 0. The van der Waals surface area contributed by atoms with E-state index >= 15 is 0 Å². The lowest BCUT2D eigenvalue weighted by atomic mass is 10.0. The van der Waals surface area contributed by atoms with Crippen molar-refractivity contribution < 1.29 is 14.0 Å². The number of pyridine rings is 1. The number of benzene rings is 2. The minimum absolute atomic E-state index is 0.143. The SMILES string of the molecule is CC(NC(=O)C(C(=O)c1ccc(F)cc1)n1ccccc1=O)c1ccccc1. The molecule has 1 aromatic heterocycles. The zero-order chi connectivity index (χ0) is 20.1. The van der Waals surface area contributed by atoms with Crippen molar-refractivity contribution in [1.82, 2.24) is 9.88 Å². The summed E-state index contributed by atoms with van der Waals surface area (Å²) in [5, 5.41) is 2.79. The molecule has 0 saturated heterocycles. The number of carbonyl (C=O) groups is 2. The van der Waals surface area contributed by atoms with Gasteiger partial charge in [-0.15, -0.1) is 0 Å². The van der Waals surface area contributed by atoms with Crippen molar-refractivity contribution in [3.63, 3.8) is 0 Å². The summed E-state index contributed by atoms with van der Waals surface area (Å²) in [4.78, 5) is 38.3. The van der Waals surface area contributed by atoms with E-state index in [0.717, 1.165) is 22.3 Å². The number of hydrogen-bond acceptors (Lipinski definition) is 3. The number of nitrogens with one attached hydrogen (secondary N) is 1. The van der Waals surface area contributed by atoms with Gasteiger partial charge in [-0.05, 0) is 42.8 Å². The second-order valence-electron chi connectivity index (χ2n) is 6.36. The summed E-state index contributed by atoms with van der Waals surface area (Å²) in [5.74, 6) is -1.70. The van der Waals surface area contributed by atoms with E-state index < -0.39 is 29.1 Å². The van der Waals surface area contributed by atoms with Crippen LogP contribution in [-0.2, 0) is 4.79 Å². The van der Waals surface area contributed by atoms with Crippen LogP contribution in [0.2, 0.25) is 0 Å². The summed E-state index contributed by atoms with van der Waals surface area (Å²) in [5.41, 5.74) is 0.527. The topological polar surface area (TPSA) is 68.2 Å². The number of halogens is 1. The van der Waals surface area contributed by atoms with Crippen molar-refractivity contribution in [3.05, 3.63) is 106 Å². The first-order valence-corrected chi connectivity index (χ1v) is 8.79. The van der Waals surface area contributed by atoms with Gasteiger partial charge in [0.2, 0.25) is 0 Å². The van der Waals surface area contributed by atoms with Crippen molar-refractivity contribution in [2.45, 2.75) is 19.0 Å². The monoisotopic (exact) mass is 378 g/mol. The molecule has 3 rings (SSSR count). The van der Waals surface area contributed by atoms with Gasteiger partial charge in [-0.2, -0.15) is 0 Å². The third-order valence-electron chi connectivity index (χ3n) is 4.41. The standard InChI is InChI=1S/C22H19FN2O3/c1-15(16-7-3-2-4-8-16)24-22(28)20(25-14-6-5-9-19(25)26)21(27)17-10-12-18(23)13-11-17/h2-15,20H,1H3,(H,24,28). The number of Topliss-reactive ketones (excluding diaryl/α,β-unsaturated/α-hetero) is 1. The third-order valence-corrected chi connectivity index (χ3v) is 4.41. The average Bonchev–Trinajstić information content (AvgIpc) is 2.70. The number of rotatable bonds is 6. The molecular weight excluding hydrogens is 359 g/mol. The van der Waals surface area contributed by atoms with Gasteiger partial charge < -0.3 is 5.32 Å². The van der Waals surface area contributed by atoms with Crippen molar-refractivity contribution in [1.29, 1.82) is 0 Å². The van der Waals surface area contributed by atoms with Crippen LogP contribution in [0.15, 0.2) is 83.8 Å². The summed E-state index contributed by atoms with van der Waals surface area (Å²) in [6.07, 6.45) is 1.39. The Labute approximate surface area is 161 Å². The molecular formula is C22H19FN2O3. The molecule has 1 amide bonds. The lowest BCUT2D eigenvalue weighted by Crippen LogP contribution is -2.42. The van der Waals surface area contributed by atoms with E-state index in [2.05, 4.69) is 5.32 Å². The summed E-state index contributed by atoms with van der Waals surface area (Å²) in [6.45, 7) is 1.79. The Morgan fingerprint density at radius 3 is 2.21 bits per heavy atom. The molecule has 0 aliphatic rings. The number of carbonyl (C=O) groups excluding carboxylic acids is 2. The van der Waals surface area contributed by atoms with Gasteiger partial charge in [0.05, 0.1) is 6.04 Å². The maximum atomic E-state index is 13.2. The van der Waals surface area contributed by atoms with Gasteiger partial charge in [0.1, 0.15) is 5.82 Å². The second-order valence-corrected chi connectivity index (χ2v) is 6.36. The number of hydrogen-bond donors (Lipinski definition) is 1. The Hall–Kier alpha value is -3.54. The molecule has 1 N–H and O–H groups in total. The molecule has 0 aliphatic heterocycles. The Morgan fingerprint density at radius 2 is 1.57 bits per heavy atom. The zero-order valence-electron chi connectivity index (χ0n) is 15.2. The molecule has 0 saturated carbocycles. The summed E-state index contributed by atoms with van der Waals surface area (Å²) in [7, 11) is 0. The highest BCUT2D eigenvalue weighted by molar-refractivity contribution is 6.11. The molecule has 2 atom stereocenters.